The van der Waals surface area contributed by atoms with Crippen molar-refractivity contribution in [2.75, 3.05) is 13.6 Å². The fraction of sp³-hybridized carbons (Fsp3) is 0.182. The van der Waals surface area contributed by atoms with Crippen LogP contribution in [0, 0.1) is 0 Å². The number of fused-ring (bicyclic) bond motifs is 1. The van der Waals surface area contributed by atoms with E-state index in [1.54, 1.807) is 36.0 Å². The van der Waals surface area contributed by atoms with E-state index in [1.165, 1.54) is 17.0 Å². The molecule has 3 nitrogen and oxygen atoms in total. The number of thiophene rings is 1. The van der Waals surface area contributed by atoms with Crippen LogP contribution in [0.3, 0.4) is 0 Å². The molecule has 3 heterocycles. The third-order valence-electron chi connectivity index (χ3n) is 3.86. The maximum Gasteiger partial charge on any atom is 0.116 e. The van der Waals surface area contributed by atoms with Crippen LogP contribution in [0.2, 0.25) is 4.34 Å². The minimum Gasteiger partial charge on any atom is -0.301 e. The zero-order valence-electron chi connectivity index (χ0n) is 15.5. The largest absolute Gasteiger partial charge is 0.301 e. The molecule has 1 aliphatic heterocycles. The van der Waals surface area contributed by atoms with Crippen LogP contribution >= 0.6 is 22.9 Å². The third-order valence-corrected chi connectivity index (χ3v) is 5.15. The monoisotopic (exact) mass is 397 g/mol. The Bertz CT molecular complexity index is 788. The van der Waals surface area contributed by atoms with Gasteiger partial charge < -0.3 is 4.90 Å². The van der Waals surface area contributed by atoms with E-state index in [9.17, 15) is 0 Å². The topological polar surface area (TPSA) is 29.0 Å². The van der Waals surface area contributed by atoms with E-state index < -0.39 is 0 Å². The van der Waals surface area contributed by atoms with Crippen molar-refractivity contribution < 1.29 is 0 Å². The van der Waals surface area contributed by atoms with Crippen molar-refractivity contribution >= 4 is 22.9 Å². The molecule has 4 rings (SSSR count). The van der Waals surface area contributed by atoms with Crippen LogP contribution in [0.4, 0.5) is 0 Å². The van der Waals surface area contributed by atoms with Crippen molar-refractivity contribution in [2.24, 2.45) is 0 Å². The quantitative estimate of drug-likeness (QED) is 0.504. The number of hydrogen-bond donors (Lipinski definition) is 0. The van der Waals surface area contributed by atoms with Gasteiger partial charge in [-0.3, -0.25) is 0 Å². The summed E-state index contributed by atoms with van der Waals surface area (Å²) in [6.07, 6.45) is 7.74. The number of rotatable bonds is 2. The first-order valence-corrected chi connectivity index (χ1v) is 9.84. The first-order chi connectivity index (χ1) is 13.1. The van der Waals surface area contributed by atoms with Gasteiger partial charge in [-0.15, -0.1) is 11.3 Å². The number of nitrogens with zero attached hydrogens (tertiary/aromatic N) is 3. The van der Waals surface area contributed by atoms with Gasteiger partial charge in [0.15, 0.2) is 0 Å². The molecule has 0 atom stereocenters. The van der Waals surface area contributed by atoms with Crippen LogP contribution in [-0.4, -0.2) is 28.5 Å². The van der Waals surface area contributed by atoms with E-state index in [-0.39, 0.29) is 0 Å². The molecule has 0 radical (unpaired) electrons. The highest BCUT2D eigenvalue weighted by Crippen LogP contribution is 2.30. The molecule has 0 bridgehead atoms. The van der Waals surface area contributed by atoms with Crippen molar-refractivity contribution in [3.63, 3.8) is 0 Å². The Balaban J connectivity index is 0.000000163. The average molecular weight is 398 g/mol. The normalized spacial score (nSPS) is 12.5. The van der Waals surface area contributed by atoms with Crippen molar-refractivity contribution in [1.29, 1.82) is 0 Å². The highest BCUT2D eigenvalue weighted by molar-refractivity contribution is 7.16. The van der Waals surface area contributed by atoms with Gasteiger partial charge in [0.2, 0.25) is 0 Å². The lowest BCUT2D eigenvalue weighted by molar-refractivity contribution is 0.317. The Kier molecular flexibility index (Phi) is 8.92. The second kappa shape index (κ2) is 11.4. The highest BCUT2D eigenvalue weighted by Gasteiger charge is 2.15. The van der Waals surface area contributed by atoms with Crippen LogP contribution < -0.4 is 0 Å². The zero-order valence-corrected chi connectivity index (χ0v) is 17.1. The van der Waals surface area contributed by atoms with Gasteiger partial charge in [-0.05, 0) is 31.2 Å². The summed E-state index contributed by atoms with van der Waals surface area (Å²) in [4.78, 5) is 11.8. The number of hydrogen-bond acceptors (Lipinski definition) is 4. The molecule has 27 heavy (non-hydrogen) atoms. The number of halogens is 1. The summed E-state index contributed by atoms with van der Waals surface area (Å²) in [5, 5.41) is 0. The van der Waals surface area contributed by atoms with Gasteiger partial charge in [-0.25, -0.2) is 9.97 Å². The van der Waals surface area contributed by atoms with Gasteiger partial charge in [0.05, 0.1) is 10.0 Å². The number of benzene rings is 1. The number of allylic oxidation sites excluding steroid dienone is 2. The van der Waals surface area contributed by atoms with Crippen molar-refractivity contribution in [3.05, 3.63) is 95.1 Å². The summed E-state index contributed by atoms with van der Waals surface area (Å²) < 4.78 is 0.935. The molecule has 0 saturated heterocycles. The summed E-state index contributed by atoms with van der Waals surface area (Å²) in [6, 6.07) is 14.0. The predicted octanol–water partition coefficient (Wildman–Crippen LogP) is 5.89. The van der Waals surface area contributed by atoms with Crippen molar-refractivity contribution in [3.8, 4) is 11.3 Å². The lowest BCUT2D eigenvalue weighted by Gasteiger charge is -2.21. The van der Waals surface area contributed by atoms with E-state index in [1.807, 2.05) is 36.4 Å². The SMILES string of the molecule is C=CC=C.CN1CCc2cc(Cl)sc2C1.c1ccc(-c2ccncn2)cc1. The van der Waals surface area contributed by atoms with Gasteiger partial charge in [-0.1, -0.05) is 67.2 Å². The fourth-order valence-electron chi connectivity index (χ4n) is 2.48. The molecule has 5 heteroatoms. The molecule has 140 valence electrons. The minimum absolute atomic E-state index is 0.935. The van der Waals surface area contributed by atoms with Crippen LogP contribution in [-0.2, 0) is 13.0 Å². The van der Waals surface area contributed by atoms with E-state index in [0.717, 1.165) is 28.6 Å². The molecule has 0 spiro atoms. The van der Waals surface area contributed by atoms with Gasteiger partial charge in [0, 0.05) is 29.7 Å². The molecule has 0 amide bonds. The van der Waals surface area contributed by atoms with E-state index in [2.05, 4.69) is 41.1 Å². The zero-order chi connectivity index (χ0) is 19.5. The first-order valence-electron chi connectivity index (χ1n) is 8.64. The van der Waals surface area contributed by atoms with Gasteiger partial charge >= 0.3 is 0 Å². The maximum absolute atomic E-state index is 5.90. The van der Waals surface area contributed by atoms with E-state index in [4.69, 9.17) is 11.6 Å². The Morgan fingerprint density at radius 2 is 1.89 bits per heavy atom. The van der Waals surface area contributed by atoms with Gasteiger partial charge in [0.1, 0.15) is 6.33 Å². The molecule has 3 aromatic rings. The van der Waals surface area contributed by atoms with Crippen molar-refractivity contribution in [1.82, 2.24) is 14.9 Å². The van der Waals surface area contributed by atoms with Crippen molar-refractivity contribution in [2.45, 2.75) is 13.0 Å². The average Bonchev–Trinajstić information content (AvgIpc) is 3.09. The molecule has 2 aromatic heterocycles. The lowest BCUT2D eigenvalue weighted by atomic mass is 10.1. The molecule has 0 aliphatic carbocycles. The minimum atomic E-state index is 0.935. The molecule has 0 N–H and O–H groups in total. The van der Waals surface area contributed by atoms with E-state index in [0.29, 0.717) is 0 Å². The summed E-state index contributed by atoms with van der Waals surface area (Å²) >= 11 is 7.62. The Morgan fingerprint density at radius 1 is 1.15 bits per heavy atom. The molecule has 1 aliphatic rings. The van der Waals surface area contributed by atoms with Crippen LogP contribution in [0.15, 0.2) is 80.3 Å². The first kappa shape index (κ1) is 21.0. The van der Waals surface area contributed by atoms with Gasteiger partial charge in [0.25, 0.3) is 0 Å². The smallest absolute Gasteiger partial charge is 0.116 e. The highest BCUT2D eigenvalue weighted by atomic mass is 35.5. The second-order valence-corrected chi connectivity index (χ2v) is 7.69. The maximum atomic E-state index is 5.90. The Hall–Kier alpha value is -2.27. The molecule has 0 fully saturated rings. The third kappa shape index (κ3) is 7.10. The second-order valence-electron chi connectivity index (χ2n) is 5.92. The van der Waals surface area contributed by atoms with Crippen LogP contribution in [0.1, 0.15) is 10.4 Å². The Morgan fingerprint density at radius 3 is 2.52 bits per heavy atom. The summed E-state index contributed by atoms with van der Waals surface area (Å²) in [6.45, 7) is 8.97. The molecule has 1 aromatic carbocycles. The summed E-state index contributed by atoms with van der Waals surface area (Å²) in [5.74, 6) is 0. The van der Waals surface area contributed by atoms with Crippen LogP contribution in [0.25, 0.3) is 11.3 Å². The molecular formula is C22H24ClN3S. The standard InChI is InChI=1S/C10H8N2.C8H10ClNS.C4H6/c1-2-4-9(5-3-1)10-6-7-11-8-12-10;1-10-3-2-6-4-8(9)11-7(6)5-10;1-3-4-2/h1-8H;4H,2-3,5H2,1H3;3-4H,1-2H2. The summed E-state index contributed by atoms with van der Waals surface area (Å²) in [5.41, 5.74) is 3.55. The number of aromatic nitrogens is 2. The van der Waals surface area contributed by atoms with E-state index >= 15 is 0 Å². The predicted molar refractivity (Wildman–Crippen MR) is 117 cm³/mol. The molecule has 0 saturated carbocycles. The van der Waals surface area contributed by atoms with Crippen LogP contribution in [0.5, 0.6) is 0 Å². The molecule has 0 unspecified atom stereocenters. The van der Waals surface area contributed by atoms with Gasteiger partial charge in [-0.2, -0.15) is 0 Å². The molecular weight excluding hydrogens is 374 g/mol. The summed E-state index contributed by atoms with van der Waals surface area (Å²) in [7, 11) is 2.15. The number of likely N-dealkylation sites (N-methyl/N-ethyl adjacent to an activating group) is 1. The lowest BCUT2D eigenvalue weighted by Crippen LogP contribution is -2.24. The fourth-order valence-corrected chi connectivity index (χ4v) is 3.91. The Labute approximate surface area is 170 Å².